The van der Waals surface area contributed by atoms with Crippen LogP contribution in [0.4, 0.5) is 0 Å². The van der Waals surface area contributed by atoms with Crippen LogP contribution in [0.15, 0.2) is 52.2 Å². The average molecular weight is 323 g/mol. The smallest absolute Gasteiger partial charge is 0.219 e. The maximum atomic E-state index is 5.37. The lowest BCUT2D eigenvalue weighted by molar-refractivity contribution is 0.573. The Bertz CT molecular complexity index is 1050. The largest absolute Gasteiger partial charge is 0.461 e. The predicted molar refractivity (Wildman–Crippen MR) is 91.1 cm³/mol. The van der Waals surface area contributed by atoms with Gasteiger partial charge in [-0.1, -0.05) is 18.2 Å². The van der Waals surface area contributed by atoms with Crippen LogP contribution in [0, 0.1) is 11.7 Å². The second-order valence-corrected chi connectivity index (χ2v) is 5.48. The first kappa shape index (κ1) is 13.7. The van der Waals surface area contributed by atoms with Gasteiger partial charge in [0.2, 0.25) is 10.6 Å². The van der Waals surface area contributed by atoms with Gasteiger partial charge in [0.15, 0.2) is 5.76 Å². The molecule has 114 valence electrons. The van der Waals surface area contributed by atoms with Crippen molar-refractivity contribution >= 4 is 29.3 Å². The Morgan fingerprint density at radius 1 is 1.26 bits per heavy atom. The van der Waals surface area contributed by atoms with E-state index in [9.17, 15) is 0 Å². The molecule has 4 aromatic rings. The first-order valence-electron chi connectivity index (χ1n) is 7.07. The van der Waals surface area contributed by atoms with Crippen LogP contribution in [0.5, 0.6) is 0 Å². The molecule has 6 nitrogen and oxygen atoms in total. The van der Waals surface area contributed by atoms with Crippen LogP contribution < -0.4 is 0 Å². The summed E-state index contributed by atoms with van der Waals surface area (Å²) in [5.41, 5.74) is 3.15. The summed E-state index contributed by atoms with van der Waals surface area (Å²) < 4.78 is 7.33. The molecule has 0 saturated carbocycles. The minimum absolute atomic E-state index is 0.408. The monoisotopic (exact) mass is 323 g/mol. The zero-order chi connectivity index (χ0) is 15.8. The van der Waals surface area contributed by atoms with E-state index in [0.717, 1.165) is 22.2 Å². The van der Waals surface area contributed by atoms with Gasteiger partial charge in [-0.15, -0.1) is 5.10 Å². The van der Waals surface area contributed by atoms with Gasteiger partial charge < -0.3 is 9.40 Å². The van der Waals surface area contributed by atoms with Gasteiger partial charge in [0.1, 0.15) is 0 Å². The van der Waals surface area contributed by atoms with E-state index < -0.39 is 0 Å². The lowest BCUT2D eigenvalue weighted by Crippen LogP contribution is -1.94. The molecule has 0 bridgehead atoms. The van der Waals surface area contributed by atoms with Gasteiger partial charge in [0, 0.05) is 22.2 Å². The fraction of sp³-hybridized carbons (Fsp3) is 0.0625. The molecule has 0 amide bonds. The number of rotatable bonds is 3. The van der Waals surface area contributed by atoms with Gasteiger partial charge in [-0.25, -0.2) is 5.10 Å². The zero-order valence-electron chi connectivity index (χ0n) is 12.3. The summed E-state index contributed by atoms with van der Waals surface area (Å²) in [5, 5.41) is 12.5. The Balaban J connectivity index is 1.82. The molecule has 0 aliphatic rings. The summed E-state index contributed by atoms with van der Waals surface area (Å²) in [6, 6.07) is 11.7. The van der Waals surface area contributed by atoms with E-state index >= 15 is 0 Å². The predicted octanol–water partition coefficient (Wildman–Crippen LogP) is 3.87. The molecule has 2 N–H and O–H groups in total. The number of nitrogens with zero attached hydrogens (tertiary/aromatic N) is 3. The first-order valence-corrected chi connectivity index (χ1v) is 7.48. The number of aromatic nitrogens is 4. The van der Waals surface area contributed by atoms with Crippen LogP contribution >= 0.6 is 12.2 Å². The maximum absolute atomic E-state index is 5.37. The number of nitrogens with one attached hydrogen (secondary N) is 2. The zero-order valence-corrected chi connectivity index (χ0v) is 13.1. The van der Waals surface area contributed by atoms with Crippen LogP contribution in [0.25, 0.3) is 22.5 Å². The van der Waals surface area contributed by atoms with Gasteiger partial charge in [-0.2, -0.15) is 9.78 Å². The van der Waals surface area contributed by atoms with Crippen LogP contribution in [0.3, 0.4) is 0 Å². The summed E-state index contributed by atoms with van der Waals surface area (Å²) in [7, 11) is 0. The Kier molecular flexibility index (Phi) is 3.20. The number of hydrogen-bond acceptors (Lipinski definition) is 4. The van der Waals surface area contributed by atoms with Crippen molar-refractivity contribution in [2.24, 2.45) is 5.10 Å². The third-order valence-corrected chi connectivity index (χ3v) is 3.90. The number of fused-ring (bicyclic) bond motifs is 1. The van der Waals surface area contributed by atoms with E-state index in [1.807, 2.05) is 31.2 Å². The standard InChI is InChI=1S/C16H13N5OS/c1-10-12(11-5-2-3-6-13(11)18-10)9-17-21-15(19-20-16(21)23)14-7-4-8-22-14/h2-9,18H,1H3,(H,20,23)/b17-9+. The fourth-order valence-electron chi connectivity index (χ4n) is 2.54. The van der Waals surface area contributed by atoms with Gasteiger partial charge in [0.05, 0.1) is 12.5 Å². The minimum atomic E-state index is 0.408. The van der Waals surface area contributed by atoms with Gasteiger partial charge >= 0.3 is 0 Å². The number of benzene rings is 1. The number of H-pyrrole nitrogens is 2. The number of furan rings is 1. The summed E-state index contributed by atoms with van der Waals surface area (Å²) in [4.78, 5) is 3.35. The van der Waals surface area contributed by atoms with Crippen LogP contribution in [0.1, 0.15) is 11.3 Å². The van der Waals surface area contributed by atoms with Crippen molar-refractivity contribution < 1.29 is 4.42 Å². The van der Waals surface area contributed by atoms with E-state index in [1.54, 1.807) is 23.2 Å². The molecule has 0 spiro atoms. The molecular weight excluding hydrogens is 310 g/mol. The number of aromatic amines is 2. The van der Waals surface area contributed by atoms with Crippen molar-refractivity contribution in [3.63, 3.8) is 0 Å². The van der Waals surface area contributed by atoms with Crippen LogP contribution in [-0.2, 0) is 0 Å². The molecule has 4 rings (SSSR count). The maximum Gasteiger partial charge on any atom is 0.219 e. The topological polar surface area (TPSA) is 74.9 Å². The van der Waals surface area contributed by atoms with E-state index in [0.29, 0.717) is 16.4 Å². The van der Waals surface area contributed by atoms with Crippen LogP contribution in [0.2, 0.25) is 0 Å². The quantitative estimate of drug-likeness (QED) is 0.444. The molecule has 0 radical (unpaired) electrons. The molecule has 23 heavy (non-hydrogen) atoms. The fourth-order valence-corrected chi connectivity index (χ4v) is 2.72. The highest BCUT2D eigenvalue weighted by Crippen LogP contribution is 2.21. The van der Waals surface area contributed by atoms with Crippen molar-refractivity contribution in [2.45, 2.75) is 6.92 Å². The average Bonchev–Trinajstić information content (AvgIpc) is 3.25. The molecule has 0 atom stereocenters. The molecule has 0 saturated heterocycles. The number of aryl methyl sites for hydroxylation is 1. The first-order chi connectivity index (χ1) is 11.2. The number of hydrogen-bond donors (Lipinski definition) is 2. The molecule has 0 aliphatic heterocycles. The molecule has 0 unspecified atom stereocenters. The summed E-state index contributed by atoms with van der Waals surface area (Å²) >= 11 is 5.25. The second kappa shape index (κ2) is 5.36. The lowest BCUT2D eigenvalue weighted by Gasteiger charge is -1.97. The lowest BCUT2D eigenvalue weighted by atomic mass is 10.1. The van der Waals surface area contributed by atoms with Gasteiger partial charge in [-0.05, 0) is 37.3 Å². The second-order valence-electron chi connectivity index (χ2n) is 5.10. The Labute approximate surface area is 136 Å². The molecule has 0 aliphatic carbocycles. The van der Waals surface area contributed by atoms with Crippen LogP contribution in [-0.4, -0.2) is 26.1 Å². The molecular formula is C16H13N5OS. The van der Waals surface area contributed by atoms with Crippen molar-refractivity contribution in [2.75, 3.05) is 0 Å². The van der Waals surface area contributed by atoms with Gasteiger partial charge in [0.25, 0.3) is 0 Å². The SMILES string of the molecule is Cc1[nH]c2ccccc2c1/C=N/n1c(-c2ccco2)n[nH]c1=S. The summed E-state index contributed by atoms with van der Waals surface area (Å²) in [6.07, 6.45) is 3.37. The highest BCUT2D eigenvalue weighted by Gasteiger charge is 2.11. The van der Waals surface area contributed by atoms with Crippen molar-refractivity contribution in [1.82, 2.24) is 19.9 Å². The molecule has 1 aromatic carbocycles. The van der Waals surface area contributed by atoms with E-state index in [4.69, 9.17) is 16.6 Å². The molecule has 3 heterocycles. The Morgan fingerprint density at radius 2 is 2.13 bits per heavy atom. The van der Waals surface area contributed by atoms with Crippen molar-refractivity contribution in [3.8, 4) is 11.6 Å². The Hall–Kier alpha value is -2.93. The Morgan fingerprint density at radius 3 is 2.96 bits per heavy atom. The minimum Gasteiger partial charge on any atom is -0.461 e. The highest BCUT2D eigenvalue weighted by atomic mass is 32.1. The normalized spacial score (nSPS) is 11.7. The van der Waals surface area contributed by atoms with Crippen molar-refractivity contribution in [1.29, 1.82) is 0 Å². The molecule has 7 heteroatoms. The third-order valence-electron chi connectivity index (χ3n) is 3.64. The summed E-state index contributed by atoms with van der Waals surface area (Å²) in [5.74, 6) is 1.14. The third kappa shape index (κ3) is 2.31. The van der Waals surface area contributed by atoms with Gasteiger partial charge in [-0.3, -0.25) is 0 Å². The van der Waals surface area contributed by atoms with Crippen molar-refractivity contribution in [3.05, 3.63) is 58.7 Å². The highest BCUT2D eigenvalue weighted by molar-refractivity contribution is 7.71. The molecule has 0 fully saturated rings. The molecule has 3 aromatic heterocycles. The summed E-state index contributed by atoms with van der Waals surface area (Å²) in [6.45, 7) is 2.02. The van der Waals surface area contributed by atoms with E-state index in [1.165, 1.54) is 0 Å². The number of para-hydroxylation sites is 1. The van der Waals surface area contributed by atoms with E-state index in [2.05, 4.69) is 26.3 Å². The van der Waals surface area contributed by atoms with E-state index in [-0.39, 0.29) is 0 Å².